The number of fused-ring (bicyclic) bond motifs is 2. The molecule has 1 amide bonds. The van der Waals surface area contributed by atoms with Crippen molar-refractivity contribution in [2.24, 2.45) is 4.99 Å². The number of hydrogen-bond donors (Lipinski definition) is 3. The lowest BCUT2D eigenvalue weighted by Crippen LogP contribution is -2.43. The predicted octanol–water partition coefficient (Wildman–Crippen LogP) is 4.01. The lowest BCUT2D eigenvalue weighted by molar-refractivity contribution is 0.0617. The van der Waals surface area contributed by atoms with Crippen LogP contribution in [0.1, 0.15) is 51.9 Å². The van der Waals surface area contributed by atoms with E-state index in [1.165, 1.54) is 5.56 Å². The number of halogens is 1. The van der Waals surface area contributed by atoms with Gasteiger partial charge in [0.2, 0.25) is 0 Å². The van der Waals surface area contributed by atoms with Crippen molar-refractivity contribution in [2.75, 3.05) is 45.2 Å². The van der Waals surface area contributed by atoms with Gasteiger partial charge in [-0.3, -0.25) is 9.79 Å². The molecule has 2 aromatic carbocycles. The van der Waals surface area contributed by atoms with Crippen molar-refractivity contribution < 1.29 is 14.6 Å². The van der Waals surface area contributed by atoms with Gasteiger partial charge in [0.05, 0.1) is 5.38 Å². The maximum atomic E-state index is 13.4. The van der Waals surface area contributed by atoms with Crippen LogP contribution < -0.4 is 15.4 Å². The van der Waals surface area contributed by atoms with Crippen molar-refractivity contribution in [3.8, 4) is 5.75 Å². The summed E-state index contributed by atoms with van der Waals surface area (Å²) in [5.41, 5.74) is 8.26. The Hall–Kier alpha value is -3.07. The van der Waals surface area contributed by atoms with Gasteiger partial charge in [-0.05, 0) is 88.1 Å². The fourth-order valence-corrected chi connectivity index (χ4v) is 6.76. The van der Waals surface area contributed by atoms with Crippen molar-refractivity contribution in [3.05, 3.63) is 69.4 Å². The molecular formula is C32H40ClN5O3. The highest BCUT2D eigenvalue weighted by atomic mass is 35.5. The molecule has 0 aliphatic carbocycles. The van der Waals surface area contributed by atoms with Crippen LogP contribution >= 0.6 is 11.6 Å². The molecule has 9 heteroatoms. The lowest BCUT2D eigenvalue weighted by Gasteiger charge is -2.34. The van der Waals surface area contributed by atoms with Crippen LogP contribution in [0.15, 0.2) is 46.6 Å². The zero-order chi connectivity index (χ0) is 28.7. The number of aryl methyl sites for hydroxylation is 2. The average Bonchev–Trinajstić information content (AvgIpc) is 3.50. The summed E-state index contributed by atoms with van der Waals surface area (Å²) in [6.07, 6.45) is 2.77. The van der Waals surface area contributed by atoms with Gasteiger partial charge < -0.3 is 30.3 Å². The second kappa shape index (κ2) is 11.7. The molecular weight excluding hydrogens is 538 g/mol. The number of amidine groups is 1. The third-order valence-electron chi connectivity index (χ3n) is 8.76. The van der Waals surface area contributed by atoms with E-state index in [1.54, 1.807) is 0 Å². The molecule has 0 radical (unpaired) electrons. The Morgan fingerprint density at radius 2 is 1.98 bits per heavy atom. The number of amides is 1. The monoisotopic (exact) mass is 577 g/mol. The van der Waals surface area contributed by atoms with Crippen LogP contribution in [0.5, 0.6) is 5.75 Å². The Morgan fingerprint density at radius 3 is 2.76 bits per heavy atom. The fourth-order valence-electron chi connectivity index (χ4n) is 6.42. The van der Waals surface area contributed by atoms with E-state index < -0.39 is 6.10 Å². The Labute approximate surface area is 247 Å². The topological polar surface area (TPSA) is 89.4 Å². The summed E-state index contributed by atoms with van der Waals surface area (Å²) in [5, 5.41) is 17.4. The molecule has 1 saturated heterocycles. The maximum Gasteiger partial charge on any atom is 0.254 e. The van der Waals surface area contributed by atoms with E-state index in [4.69, 9.17) is 21.3 Å². The maximum absolute atomic E-state index is 13.4. The second-order valence-corrected chi connectivity index (χ2v) is 12.5. The lowest BCUT2D eigenvalue weighted by atomic mass is 9.99. The molecule has 0 aromatic heterocycles. The zero-order valence-electron chi connectivity index (χ0n) is 24.2. The van der Waals surface area contributed by atoms with E-state index in [2.05, 4.69) is 45.7 Å². The van der Waals surface area contributed by atoms with Crippen molar-refractivity contribution in [3.63, 3.8) is 0 Å². The van der Waals surface area contributed by atoms with E-state index in [0.29, 0.717) is 37.9 Å². The van der Waals surface area contributed by atoms with Gasteiger partial charge in [-0.15, -0.1) is 11.6 Å². The molecule has 4 aliphatic heterocycles. The van der Waals surface area contributed by atoms with Crippen LogP contribution in [-0.4, -0.2) is 84.0 Å². The third-order valence-corrected chi connectivity index (χ3v) is 9.19. The summed E-state index contributed by atoms with van der Waals surface area (Å²) < 4.78 is 5.87. The number of nitrogens with zero attached hydrogens (tertiary/aromatic N) is 3. The summed E-state index contributed by atoms with van der Waals surface area (Å²) in [4.78, 5) is 22.5. The Bertz CT molecular complexity index is 1400. The van der Waals surface area contributed by atoms with E-state index in [0.717, 1.165) is 77.3 Å². The van der Waals surface area contributed by atoms with E-state index in [-0.39, 0.29) is 17.9 Å². The number of rotatable bonds is 6. The number of ether oxygens (including phenoxy) is 1. The number of alkyl halides is 1. The normalized spacial score (nSPS) is 23.6. The van der Waals surface area contributed by atoms with Gasteiger partial charge in [0.25, 0.3) is 5.91 Å². The number of carbonyl (C=O) groups excluding carboxylic acids is 1. The highest BCUT2D eigenvalue weighted by molar-refractivity contribution is 6.26. The molecule has 8 nitrogen and oxygen atoms in total. The third kappa shape index (κ3) is 5.83. The van der Waals surface area contributed by atoms with Crippen LogP contribution in [0.3, 0.4) is 0 Å². The molecule has 2 atom stereocenters. The molecule has 41 heavy (non-hydrogen) atoms. The van der Waals surface area contributed by atoms with Gasteiger partial charge >= 0.3 is 0 Å². The van der Waals surface area contributed by atoms with Gasteiger partial charge in [0.1, 0.15) is 24.3 Å². The molecule has 1 unspecified atom stereocenters. The fraction of sp³-hybridized carbons (Fsp3) is 0.500. The summed E-state index contributed by atoms with van der Waals surface area (Å²) in [6, 6.07) is 10.6. The van der Waals surface area contributed by atoms with Crippen LogP contribution in [0, 0.1) is 13.8 Å². The van der Waals surface area contributed by atoms with Crippen molar-refractivity contribution in [1.29, 1.82) is 0 Å². The first-order valence-corrected chi connectivity index (χ1v) is 15.2. The Morgan fingerprint density at radius 1 is 1.17 bits per heavy atom. The molecule has 3 N–H and O–H groups in total. The van der Waals surface area contributed by atoms with Crippen LogP contribution in [-0.2, 0) is 13.0 Å². The zero-order valence-corrected chi connectivity index (χ0v) is 24.9. The van der Waals surface area contributed by atoms with Crippen molar-refractivity contribution in [1.82, 2.24) is 15.1 Å². The molecule has 0 saturated carbocycles. The first-order chi connectivity index (χ1) is 19.8. The van der Waals surface area contributed by atoms with Gasteiger partial charge in [-0.1, -0.05) is 17.7 Å². The average molecular weight is 578 g/mol. The number of benzene rings is 2. The summed E-state index contributed by atoms with van der Waals surface area (Å²) in [7, 11) is 2.15. The number of piperidine rings is 1. The van der Waals surface area contributed by atoms with Crippen molar-refractivity contribution in [2.45, 2.75) is 63.6 Å². The number of aliphatic hydroxyl groups is 1. The van der Waals surface area contributed by atoms with Crippen molar-refractivity contribution >= 4 is 29.0 Å². The molecule has 4 aliphatic rings. The Balaban J connectivity index is 1.12. The highest BCUT2D eigenvalue weighted by Gasteiger charge is 2.36. The minimum Gasteiger partial charge on any atom is -0.491 e. The molecule has 0 spiro atoms. The minimum atomic E-state index is -0.712. The second-order valence-electron chi connectivity index (χ2n) is 11.9. The number of carbonyl (C=O) groups is 1. The molecule has 4 heterocycles. The number of aliphatic hydroxyl groups excluding tert-OH is 1. The molecule has 2 aromatic rings. The first-order valence-electron chi connectivity index (χ1n) is 14.7. The van der Waals surface area contributed by atoms with E-state index in [9.17, 15) is 9.90 Å². The van der Waals surface area contributed by atoms with Crippen LogP contribution in [0.4, 0.5) is 5.69 Å². The van der Waals surface area contributed by atoms with E-state index in [1.807, 2.05) is 26.0 Å². The quantitative estimate of drug-likeness (QED) is 0.450. The number of allylic oxidation sites excluding steroid dienone is 1. The smallest absolute Gasteiger partial charge is 0.254 e. The van der Waals surface area contributed by atoms with Gasteiger partial charge in [-0.25, -0.2) is 0 Å². The number of hydrogen-bond acceptors (Lipinski definition) is 7. The number of aliphatic imine (C=N–C) groups is 1. The van der Waals surface area contributed by atoms with Gasteiger partial charge in [0, 0.05) is 54.6 Å². The standard InChI is InChI=1S/C32H40ClN5O3/c1-19-4-5-29(20(2)12-19)41-18-24(39)16-35-31-30(26(33)6-9-34-31)28-14-21-13-25-22(15-27(21)36-28)17-38(32(25)40)23-7-10-37(3)11-8-23/h4-5,12-13,15,23-24,26,36,39H,6-11,14,16-18H2,1-3H3,(H,34,35)/t24-,26?/m1/s1. The molecule has 1 fully saturated rings. The minimum absolute atomic E-state index is 0.160. The van der Waals surface area contributed by atoms with Gasteiger partial charge in [-0.2, -0.15) is 0 Å². The molecule has 0 bridgehead atoms. The SMILES string of the molecule is Cc1ccc(OC[C@H](O)CNC2=NCCC(Cl)C2=C2Cc3cc4c(cc3N2)CN(C2CCN(C)CC2)C4=O)c(C)c1. The number of nitrogens with one attached hydrogen (secondary N) is 2. The number of likely N-dealkylation sites (tertiary alicyclic amines) is 1. The predicted molar refractivity (Wildman–Crippen MR) is 163 cm³/mol. The Kier molecular flexibility index (Phi) is 7.99. The molecule has 218 valence electrons. The summed E-state index contributed by atoms with van der Waals surface area (Å²) in [5.74, 6) is 1.66. The van der Waals surface area contributed by atoms with Crippen LogP contribution in [0.2, 0.25) is 0 Å². The van der Waals surface area contributed by atoms with Crippen LogP contribution in [0.25, 0.3) is 0 Å². The summed E-state index contributed by atoms with van der Waals surface area (Å²) >= 11 is 6.86. The van der Waals surface area contributed by atoms with E-state index >= 15 is 0 Å². The number of anilines is 1. The summed E-state index contributed by atoms with van der Waals surface area (Å²) in [6.45, 7) is 7.91. The molecule has 6 rings (SSSR count). The highest BCUT2D eigenvalue weighted by Crippen LogP contribution is 2.38. The van der Waals surface area contributed by atoms with Gasteiger partial charge in [0.15, 0.2) is 0 Å². The largest absolute Gasteiger partial charge is 0.491 e. The first kappa shape index (κ1) is 28.1.